The number of aromatic nitrogens is 2. The Hall–Kier alpha value is -4.16. The molecule has 4 rings (SSSR count). The first-order valence-electron chi connectivity index (χ1n) is 11.2. The van der Waals surface area contributed by atoms with E-state index in [1.54, 1.807) is 63.9 Å². The minimum Gasteiger partial charge on any atom is -0.497 e. The first kappa shape index (κ1) is 25.9. The number of carbonyl (C=O) groups is 2. The molecule has 2 amide bonds. The van der Waals surface area contributed by atoms with Crippen LogP contribution in [0, 0.1) is 0 Å². The van der Waals surface area contributed by atoms with Crippen LogP contribution in [0.3, 0.4) is 0 Å². The summed E-state index contributed by atoms with van der Waals surface area (Å²) in [5, 5.41) is 6.85. The van der Waals surface area contributed by atoms with E-state index in [0.29, 0.717) is 41.1 Å². The minimum absolute atomic E-state index is 0.00659. The van der Waals surface area contributed by atoms with Gasteiger partial charge in [0.05, 0.1) is 25.7 Å². The Bertz CT molecular complexity index is 1320. The van der Waals surface area contributed by atoms with Crippen molar-refractivity contribution in [1.29, 1.82) is 0 Å². The fourth-order valence-electron chi connectivity index (χ4n) is 3.41. The van der Waals surface area contributed by atoms with Gasteiger partial charge in [0.2, 0.25) is 17.7 Å². The number of hydrogen-bond donors (Lipinski definition) is 1. The van der Waals surface area contributed by atoms with Crippen LogP contribution in [-0.4, -0.2) is 55.9 Å². The minimum atomic E-state index is -0.336. The summed E-state index contributed by atoms with van der Waals surface area (Å²) in [6.45, 7) is 0.950. The molecule has 0 fully saturated rings. The highest BCUT2D eigenvalue weighted by molar-refractivity contribution is 8.14. The van der Waals surface area contributed by atoms with E-state index in [0.717, 1.165) is 11.8 Å². The lowest BCUT2D eigenvalue weighted by molar-refractivity contribution is -0.763. The van der Waals surface area contributed by atoms with E-state index in [2.05, 4.69) is 15.6 Å². The molecular formula is C25H26N5O6S+. The summed E-state index contributed by atoms with van der Waals surface area (Å²) in [6, 6.07) is 14.4. The number of benzene rings is 2. The summed E-state index contributed by atoms with van der Waals surface area (Å²) in [7, 11) is 4.70. The number of amidine groups is 1. The lowest BCUT2D eigenvalue weighted by Crippen LogP contribution is -2.36. The number of ether oxygens (including phenoxy) is 3. The first-order chi connectivity index (χ1) is 18.0. The summed E-state index contributed by atoms with van der Waals surface area (Å²) < 4.78 is 22.3. The van der Waals surface area contributed by atoms with E-state index in [1.807, 2.05) is 18.2 Å². The zero-order chi connectivity index (χ0) is 26.2. The van der Waals surface area contributed by atoms with Crippen molar-refractivity contribution < 1.29 is 33.0 Å². The fraction of sp³-hybridized carbons (Fsp3) is 0.240. The number of nitrogens with zero attached hydrogens (tertiary/aromatic N) is 4. The number of hydrogen-bond acceptors (Lipinski definition) is 9. The number of para-hydroxylation sites is 1. The van der Waals surface area contributed by atoms with Crippen LogP contribution in [0.5, 0.6) is 11.5 Å². The monoisotopic (exact) mass is 524 g/mol. The van der Waals surface area contributed by atoms with Crippen molar-refractivity contribution >= 4 is 46.4 Å². The summed E-state index contributed by atoms with van der Waals surface area (Å²) in [5.74, 6) is 0.714. The van der Waals surface area contributed by atoms with E-state index < -0.39 is 0 Å². The zero-order valence-corrected chi connectivity index (χ0v) is 21.4. The van der Waals surface area contributed by atoms with Gasteiger partial charge in [-0.3, -0.25) is 24.3 Å². The lowest BCUT2D eigenvalue weighted by Gasteiger charge is -2.17. The van der Waals surface area contributed by atoms with E-state index in [1.165, 1.54) is 9.58 Å². The molecular weight excluding hydrogens is 498 g/mol. The Morgan fingerprint density at radius 1 is 1.16 bits per heavy atom. The highest BCUT2D eigenvalue weighted by atomic mass is 32.2. The Balaban J connectivity index is 1.53. The van der Waals surface area contributed by atoms with Gasteiger partial charge in [-0.25, -0.2) is 4.99 Å². The molecule has 0 bridgehead atoms. The smallest absolute Gasteiger partial charge is 0.302 e. The number of methoxy groups -OCH3 is 3. The average molecular weight is 525 g/mol. The number of carbonyl (C=O) groups excluding carboxylic acids is 2. The van der Waals surface area contributed by atoms with Crippen molar-refractivity contribution in [3.63, 3.8) is 0 Å². The predicted octanol–water partition coefficient (Wildman–Crippen LogP) is 2.74. The van der Waals surface area contributed by atoms with Gasteiger partial charge in [0, 0.05) is 18.7 Å². The Morgan fingerprint density at radius 3 is 2.70 bits per heavy atom. The Morgan fingerprint density at radius 2 is 1.97 bits per heavy atom. The molecule has 0 aliphatic carbocycles. The molecule has 0 radical (unpaired) electrons. The van der Waals surface area contributed by atoms with Crippen LogP contribution in [0.25, 0.3) is 6.08 Å². The highest BCUT2D eigenvalue weighted by Gasteiger charge is 2.32. The van der Waals surface area contributed by atoms with Gasteiger partial charge in [-0.2, -0.15) is 0 Å². The second kappa shape index (κ2) is 12.2. The summed E-state index contributed by atoms with van der Waals surface area (Å²) in [5.41, 5.74) is 1.52. The number of rotatable bonds is 10. The molecule has 0 unspecified atom stereocenters. The van der Waals surface area contributed by atoms with Crippen LogP contribution in [0.4, 0.5) is 11.6 Å². The third-order valence-corrected chi connectivity index (χ3v) is 6.15. The van der Waals surface area contributed by atoms with Gasteiger partial charge in [-0.15, -0.1) is 0 Å². The molecule has 2 heterocycles. The maximum atomic E-state index is 13.4. The van der Waals surface area contributed by atoms with Crippen molar-refractivity contribution in [2.45, 2.75) is 6.54 Å². The molecule has 192 valence electrons. The highest BCUT2D eigenvalue weighted by Crippen LogP contribution is 2.32. The molecule has 12 heteroatoms. The quantitative estimate of drug-likeness (QED) is 0.318. The second-order valence-electron chi connectivity index (χ2n) is 7.67. The number of nitrogens with one attached hydrogen (secondary N) is 1. The van der Waals surface area contributed by atoms with Crippen molar-refractivity contribution in [2.75, 3.05) is 43.9 Å². The second-order valence-corrected chi connectivity index (χ2v) is 8.61. The van der Waals surface area contributed by atoms with E-state index >= 15 is 0 Å². The van der Waals surface area contributed by atoms with Gasteiger partial charge in [-0.05, 0) is 35.0 Å². The topological polar surface area (TPSA) is 119 Å². The van der Waals surface area contributed by atoms with Crippen LogP contribution in [0.2, 0.25) is 0 Å². The van der Waals surface area contributed by atoms with Crippen LogP contribution >= 0.6 is 11.8 Å². The molecule has 0 saturated carbocycles. The van der Waals surface area contributed by atoms with Gasteiger partial charge in [0.15, 0.2) is 5.17 Å². The molecule has 3 aromatic rings. The molecule has 1 aliphatic rings. The van der Waals surface area contributed by atoms with Crippen molar-refractivity contribution in [3.8, 4) is 11.5 Å². The maximum absolute atomic E-state index is 13.4. The predicted molar refractivity (Wildman–Crippen MR) is 139 cm³/mol. The van der Waals surface area contributed by atoms with Crippen LogP contribution in [0.15, 0.2) is 69.9 Å². The Kier molecular flexibility index (Phi) is 8.54. The van der Waals surface area contributed by atoms with Gasteiger partial charge >= 0.3 is 5.88 Å². The van der Waals surface area contributed by atoms with Gasteiger partial charge in [0.25, 0.3) is 12.1 Å². The molecule has 11 nitrogen and oxygen atoms in total. The normalized spacial score (nSPS) is 14.1. The largest absolute Gasteiger partial charge is 0.497 e. The molecule has 0 spiro atoms. The first-order valence-corrected chi connectivity index (χ1v) is 12.2. The summed E-state index contributed by atoms with van der Waals surface area (Å²) >= 11 is 1.13. The van der Waals surface area contributed by atoms with Crippen LogP contribution in [0.1, 0.15) is 5.56 Å². The third kappa shape index (κ3) is 6.35. The zero-order valence-electron chi connectivity index (χ0n) is 20.5. The van der Waals surface area contributed by atoms with Gasteiger partial charge in [0.1, 0.15) is 23.8 Å². The average Bonchev–Trinajstić information content (AvgIpc) is 3.50. The molecule has 37 heavy (non-hydrogen) atoms. The van der Waals surface area contributed by atoms with Gasteiger partial charge in [-0.1, -0.05) is 30.0 Å². The summed E-state index contributed by atoms with van der Waals surface area (Å²) in [4.78, 5) is 32.0. The number of anilines is 2. The molecule has 0 atom stereocenters. The standard InChI is InChI=1S/C25H25N5O6S/c1-33-12-11-29-15-23(36-28-29)27-22(31)16-37-25-26-20(24(32)30(25)18-7-5-4-6-8-18)13-17-9-10-19(34-2)14-21(17)35-3/h4-10,13-15H,11-12,16H2,1-3H3/p+1/b20-13+. The number of thioether (sulfide) groups is 1. The molecule has 1 aromatic heterocycles. The van der Waals surface area contributed by atoms with Crippen molar-refractivity contribution in [1.82, 2.24) is 5.27 Å². The van der Waals surface area contributed by atoms with E-state index in [-0.39, 0.29) is 29.1 Å². The molecule has 1 N–H and O–H groups in total. The lowest BCUT2D eigenvalue weighted by atomic mass is 10.1. The SMILES string of the molecule is COCC[n+]1cc(NC(=O)CSC2=N/C(=C/c3ccc(OC)cc3OC)C(=O)N2c2ccccc2)on1. The number of amides is 2. The van der Waals surface area contributed by atoms with E-state index in [9.17, 15) is 9.59 Å². The van der Waals surface area contributed by atoms with E-state index in [4.69, 9.17) is 18.7 Å². The maximum Gasteiger partial charge on any atom is 0.302 e. The van der Waals surface area contributed by atoms with Crippen LogP contribution < -0.4 is 24.4 Å². The van der Waals surface area contributed by atoms with Gasteiger partial charge < -0.3 is 14.2 Å². The number of aliphatic imine (C=N–C) groups is 1. The third-order valence-electron chi connectivity index (χ3n) is 5.21. The molecule has 0 saturated heterocycles. The van der Waals surface area contributed by atoms with Crippen LogP contribution in [-0.2, 0) is 20.9 Å². The Labute approximate surface area is 217 Å². The van der Waals surface area contributed by atoms with Crippen molar-refractivity contribution in [2.24, 2.45) is 4.99 Å². The fourth-order valence-corrected chi connectivity index (χ4v) is 4.22. The molecule has 1 aliphatic heterocycles. The molecule has 2 aromatic carbocycles. The van der Waals surface area contributed by atoms with Crippen molar-refractivity contribution in [3.05, 3.63) is 66.0 Å². The summed E-state index contributed by atoms with van der Waals surface area (Å²) in [6.07, 6.45) is 3.22.